The van der Waals surface area contributed by atoms with Crippen molar-refractivity contribution in [1.82, 2.24) is 14.9 Å². The van der Waals surface area contributed by atoms with Gasteiger partial charge in [0, 0.05) is 25.0 Å². The fourth-order valence-corrected chi connectivity index (χ4v) is 4.14. The number of imidazole rings is 1. The molecule has 5 nitrogen and oxygen atoms in total. The molecule has 0 aliphatic heterocycles. The Morgan fingerprint density at radius 3 is 2.72 bits per heavy atom. The summed E-state index contributed by atoms with van der Waals surface area (Å²) < 4.78 is 7.46. The van der Waals surface area contributed by atoms with E-state index in [-0.39, 0.29) is 11.9 Å². The standard InChI is InChI=1S/C24H27N3O2/c1-27-14-13-25-24(27)23(20-9-5-6-10-21(20)29-2)26-22(28)16-17-11-12-18-7-3-4-8-19(18)15-17/h5-6,9-15,23H,3-4,7-8,16H2,1-2H3,(H,26,28)/t23-/m1/s1. The van der Waals surface area contributed by atoms with E-state index in [0.717, 1.165) is 35.5 Å². The Labute approximate surface area is 171 Å². The molecule has 0 radical (unpaired) electrons. The molecule has 0 unspecified atom stereocenters. The third kappa shape index (κ3) is 4.19. The molecule has 1 amide bonds. The first kappa shape index (κ1) is 19.2. The van der Waals surface area contributed by atoms with Gasteiger partial charge >= 0.3 is 0 Å². The smallest absolute Gasteiger partial charge is 0.225 e. The SMILES string of the molecule is COc1ccccc1[C@@H](NC(=O)Cc1ccc2c(c1)CCCC2)c1nccn1C. The van der Waals surface area contributed by atoms with Crippen molar-refractivity contribution < 1.29 is 9.53 Å². The average molecular weight is 389 g/mol. The van der Waals surface area contributed by atoms with E-state index < -0.39 is 0 Å². The predicted molar refractivity (Wildman–Crippen MR) is 113 cm³/mol. The number of benzene rings is 2. The van der Waals surface area contributed by atoms with Gasteiger partial charge in [-0.15, -0.1) is 0 Å². The van der Waals surface area contributed by atoms with Crippen LogP contribution in [0.25, 0.3) is 0 Å². The van der Waals surface area contributed by atoms with Crippen molar-refractivity contribution in [1.29, 1.82) is 0 Å². The topological polar surface area (TPSA) is 56.1 Å². The molecule has 1 aliphatic carbocycles. The third-order valence-corrected chi connectivity index (χ3v) is 5.65. The minimum Gasteiger partial charge on any atom is -0.496 e. The van der Waals surface area contributed by atoms with Crippen molar-refractivity contribution in [3.05, 3.63) is 82.9 Å². The van der Waals surface area contributed by atoms with Crippen LogP contribution in [0.1, 0.15) is 47.0 Å². The van der Waals surface area contributed by atoms with Crippen LogP contribution in [0.15, 0.2) is 54.9 Å². The summed E-state index contributed by atoms with van der Waals surface area (Å²) in [6, 6.07) is 13.8. The number of rotatable bonds is 6. The molecule has 0 bridgehead atoms. The first-order chi connectivity index (χ1) is 14.2. The number of hydrogen-bond acceptors (Lipinski definition) is 3. The van der Waals surface area contributed by atoms with E-state index in [1.165, 1.54) is 24.0 Å². The molecule has 0 spiro atoms. The maximum Gasteiger partial charge on any atom is 0.225 e. The number of carbonyl (C=O) groups excluding carboxylic acids is 1. The van der Waals surface area contributed by atoms with Crippen LogP contribution in [0.4, 0.5) is 0 Å². The zero-order chi connectivity index (χ0) is 20.2. The summed E-state index contributed by atoms with van der Waals surface area (Å²) in [5.41, 5.74) is 4.78. The Morgan fingerprint density at radius 1 is 1.17 bits per heavy atom. The van der Waals surface area contributed by atoms with E-state index >= 15 is 0 Å². The highest BCUT2D eigenvalue weighted by Crippen LogP contribution is 2.29. The molecule has 4 rings (SSSR count). The number of para-hydroxylation sites is 1. The number of aryl methyl sites for hydroxylation is 3. The summed E-state index contributed by atoms with van der Waals surface area (Å²) in [6.07, 6.45) is 8.73. The number of carbonyl (C=O) groups is 1. The second-order valence-corrected chi connectivity index (χ2v) is 7.63. The van der Waals surface area contributed by atoms with Gasteiger partial charge in [0.05, 0.1) is 13.5 Å². The van der Waals surface area contributed by atoms with Crippen LogP contribution in [0.3, 0.4) is 0 Å². The Kier molecular flexibility index (Phi) is 5.65. The quantitative estimate of drug-likeness (QED) is 0.698. The lowest BCUT2D eigenvalue weighted by molar-refractivity contribution is -0.121. The second-order valence-electron chi connectivity index (χ2n) is 7.63. The van der Waals surface area contributed by atoms with E-state index in [1.54, 1.807) is 13.3 Å². The molecule has 0 fully saturated rings. The normalized spacial score (nSPS) is 14.1. The number of ether oxygens (including phenoxy) is 1. The summed E-state index contributed by atoms with van der Waals surface area (Å²) in [5.74, 6) is 1.47. The van der Waals surface area contributed by atoms with Crippen molar-refractivity contribution >= 4 is 5.91 Å². The first-order valence-electron chi connectivity index (χ1n) is 10.2. The van der Waals surface area contributed by atoms with Crippen molar-refractivity contribution in [2.75, 3.05) is 7.11 Å². The number of hydrogen-bond donors (Lipinski definition) is 1. The van der Waals surface area contributed by atoms with E-state index in [9.17, 15) is 4.79 Å². The van der Waals surface area contributed by atoms with Crippen LogP contribution in [-0.4, -0.2) is 22.6 Å². The summed E-state index contributed by atoms with van der Waals surface area (Å²) in [7, 11) is 3.57. The van der Waals surface area contributed by atoms with E-state index in [4.69, 9.17) is 4.74 Å². The van der Waals surface area contributed by atoms with Crippen LogP contribution in [-0.2, 0) is 31.1 Å². The van der Waals surface area contributed by atoms with Gasteiger partial charge in [-0.25, -0.2) is 4.98 Å². The summed E-state index contributed by atoms with van der Waals surface area (Å²) in [4.78, 5) is 17.5. The molecule has 5 heteroatoms. The van der Waals surface area contributed by atoms with Crippen LogP contribution in [0.2, 0.25) is 0 Å². The number of amides is 1. The predicted octanol–water partition coefficient (Wildman–Crippen LogP) is 3.76. The lowest BCUT2D eigenvalue weighted by Gasteiger charge is -2.21. The molecule has 150 valence electrons. The van der Waals surface area contributed by atoms with Gasteiger partial charge in [-0.1, -0.05) is 36.4 Å². The van der Waals surface area contributed by atoms with E-state index in [2.05, 4.69) is 28.5 Å². The van der Waals surface area contributed by atoms with Crippen LogP contribution in [0, 0.1) is 0 Å². The highest BCUT2D eigenvalue weighted by atomic mass is 16.5. The second kappa shape index (κ2) is 8.52. The lowest BCUT2D eigenvalue weighted by atomic mass is 9.90. The highest BCUT2D eigenvalue weighted by molar-refractivity contribution is 5.79. The number of methoxy groups -OCH3 is 1. The van der Waals surface area contributed by atoms with Gasteiger partial charge in [-0.2, -0.15) is 0 Å². The fraction of sp³-hybridized carbons (Fsp3) is 0.333. The monoisotopic (exact) mass is 389 g/mol. The summed E-state index contributed by atoms with van der Waals surface area (Å²) >= 11 is 0. The van der Waals surface area contributed by atoms with Gasteiger partial charge in [-0.3, -0.25) is 4.79 Å². The summed E-state index contributed by atoms with van der Waals surface area (Å²) in [6.45, 7) is 0. The van der Waals surface area contributed by atoms with Gasteiger partial charge in [0.15, 0.2) is 0 Å². The molecule has 2 aromatic carbocycles. The molecule has 0 saturated heterocycles. The van der Waals surface area contributed by atoms with Gasteiger partial charge in [0.1, 0.15) is 17.6 Å². The molecule has 1 N–H and O–H groups in total. The molecular weight excluding hydrogens is 362 g/mol. The van der Waals surface area contributed by atoms with Crippen molar-refractivity contribution in [2.45, 2.75) is 38.1 Å². The first-order valence-corrected chi connectivity index (χ1v) is 10.2. The molecule has 1 aliphatic rings. The minimum absolute atomic E-state index is 0.0281. The molecule has 3 aromatic rings. The number of fused-ring (bicyclic) bond motifs is 1. The molecule has 1 heterocycles. The maximum atomic E-state index is 13.0. The Balaban J connectivity index is 1.58. The van der Waals surface area contributed by atoms with Gasteiger partial charge in [0.2, 0.25) is 5.91 Å². The molecule has 1 aromatic heterocycles. The Morgan fingerprint density at radius 2 is 1.97 bits per heavy atom. The van der Waals surface area contributed by atoms with Crippen LogP contribution in [0.5, 0.6) is 5.75 Å². The van der Waals surface area contributed by atoms with E-state index in [1.807, 2.05) is 42.1 Å². The minimum atomic E-state index is -0.378. The Bertz CT molecular complexity index is 1010. The van der Waals surface area contributed by atoms with Gasteiger partial charge in [-0.05, 0) is 48.4 Å². The Hall–Kier alpha value is -3.08. The molecule has 1 atom stereocenters. The number of nitrogens with zero attached hydrogens (tertiary/aromatic N) is 2. The largest absolute Gasteiger partial charge is 0.496 e. The maximum absolute atomic E-state index is 13.0. The van der Waals surface area contributed by atoms with Crippen molar-refractivity contribution in [3.8, 4) is 5.75 Å². The number of aromatic nitrogens is 2. The van der Waals surface area contributed by atoms with Crippen LogP contribution < -0.4 is 10.1 Å². The van der Waals surface area contributed by atoms with Crippen molar-refractivity contribution in [2.24, 2.45) is 7.05 Å². The highest BCUT2D eigenvalue weighted by Gasteiger charge is 2.24. The van der Waals surface area contributed by atoms with E-state index in [0.29, 0.717) is 6.42 Å². The molecular formula is C24H27N3O2. The molecule has 29 heavy (non-hydrogen) atoms. The fourth-order valence-electron chi connectivity index (χ4n) is 4.14. The summed E-state index contributed by atoms with van der Waals surface area (Å²) in [5, 5.41) is 3.18. The van der Waals surface area contributed by atoms with Crippen molar-refractivity contribution in [3.63, 3.8) is 0 Å². The molecule has 0 saturated carbocycles. The third-order valence-electron chi connectivity index (χ3n) is 5.65. The zero-order valence-corrected chi connectivity index (χ0v) is 17.0. The zero-order valence-electron chi connectivity index (χ0n) is 17.0. The van der Waals surface area contributed by atoms with Crippen LogP contribution >= 0.6 is 0 Å². The van der Waals surface area contributed by atoms with Gasteiger partial charge in [0.25, 0.3) is 0 Å². The number of nitrogens with one attached hydrogen (secondary N) is 1. The average Bonchev–Trinajstić information content (AvgIpc) is 3.17. The van der Waals surface area contributed by atoms with Gasteiger partial charge < -0.3 is 14.6 Å². The lowest BCUT2D eigenvalue weighted by Crippen LogP contribution is -2.32.